The van der Waals surface area contributed by atoms with E-state index in [9.17, 15) is 4.79 Å². The Bertz CT molecular complexity index is 629. The first-order valence-corrected chi connectivity index (χ1v) is 8.88. The van der Waals surface area contributed by atoms with Crippen LogP contribution >= 0.6 is 11.3 Å². The van der Waals surface area contributed by atoms with Gasteiger partial charge >= 0.3 is 0 Å². The van der Waals surface area contributed by atoms with E-state index in [1.807, 2.05) is 12.3 Å². The van der Waals surface area contributed by atoms with E-state index in [0.29, 0.717) is 11.5 Å². The SMILES string of the molecule is O=C(c1cc[nH]c1)N(Cc1ccsc1)[C@@H]1CC12CCNCC2. The smallest absolute Gasteiger partial charge is 0.255 e. The third kappa shape index (κ3) is 2.48. The molecular weight excluding hydrogens is 294 g/mol. The summed E-state index contributed by atoms with van der Waals surface area (Å²) in [5.74, 6) is 0.160. The Kier molecular flexibility index (Phi) is 3.54. The number of hydrogen-bond donors (Lipinski definition) is 2. The van der Waals surface area contributed by atoms with E-state index in [-0.39, 0.29) is 5.91 Å². The van der Waals surface area contributed by atoms with Crippen LogP contribution in [0.4, 0.5) is 0 Å². The third-order valence-corrected chi connectivity index (χ3v) is 5.89. The van der Waals surface area contributed by atoms with Crippen molar-refractivity contribution in [2.24, 2.45) is 5.41 Å². The summed E-state index contributed by atoms with van der Waals surface area (Å²) in [6.07, 6.45) is 7.18. The predicted molar refractivity (Wildman–Crippen MR) is 87.9 cm³/mol. The maximum absolute atomic E-state index is 12.9. The van der Waals surface area contributed by atoms with Crippen LogP contribution in [-0.2, 0) is 6.54 Å². The zero-order valence-corrected chi connectivity index (χ0v) is 13.4. The van der Waals surface area contributed by atoms with Crippen LogP contribution in [0.15, 0.2) is 35.3 Å². The van der Waals surface area contributed by atoms with E-state index < -0.39 is 0 Å². The second-order valence-corrected chi connectivity index (χ2v) is 7.28. The highest BCUT2D eigenvalue weighted by molar-refractivity contribution is 7.07. The van der Waals surface area contributed by atoms with Crippen LogP contribution < -0.4 is 5.32 Å². The van der Waals surface area contributed by atoms with Gasteiger partial charge in [0.25, 0.3) is 5.91 Å². The molecule has 116 valence electrons. The minimum atomic E-state index is 0.160. The van der Waals surface area contributed by atoms with Gasteiger partial charge in [-0.1, -0.05) is 0 Å². The number of carbonyl (C=O) groups is 1. The highest BCUT2D eigenvalue weighted by Gasteiger charge is 2.57. The summed E-state index contributed by atoms with van der Waals surface area (Å²) in [5, 5.41) is 7.67. The molecule has 1 aliphatic carbocycles. The van der Waals surface area contributed by atoms with E-state index in [1.54, 1.807) is 17.5 Å². The quantitative estimate of drug-likeness (QED) is 0.911. The van der Waals surface area contributed by atoms with Gasteiger partial charge in [0.15, 0.2) is 0 Å². The minimum Gasteiger partial charge on any atom is -0.367 e. The van der Waals surface area contributed by atoms with Gasteiger partial charge in [0.05, 0.1) is 5.56 Å². The summed E-state index contributed by atoms with van der Waals surface area (Å²) in [7, 11) is 0. The molecule has 3 heterocycles. The number of aromatic nitrogens is 1. The maximum Gasteiger partial charge on any atom is 0.255 e. The van der Waals surface area contributed by atoms with Crippen molar-refractivity contribution in [1.29, 1.82) is 0 Å². The maximum atomic E-state index is 12.9. The van der Waals surface area contributed by atoms with Gasteiger partial charge in [-0.15, -0.1) is 0 Å². The monoisotopic (exact) mass is 315 g/mol. The van der Waals surface area contributed by atoms with Crippen molar-refractivity contribution in [3.63, 3.8) is 0 Å². The number of amides is 1. The van der Waals surface area contributed by atoms with Gasteiger partial charge < -0.3 is 15.2 Å². The van der Waals surface area contributed by atoms with Gasteiger partial charge in [0, 0.05) is 25.0 Å². The molecule has 2 N–H and O–H groups in total. The molecule has 1 aliphatic heterocycles. The largest absolute Gasteiger partial charge is 0.367 e. The molecule has 1 atom stereocenters. The molecule has 1 amide bonds. The Labute approximate surface area is 134 Å². The molecule has 0 radical (unpaired) electrons. The summed E-state index contributed by atoms with van der Waals surface area (Å²) < 4.78 is 0. The van der Waals surface area contributed by atoms with Crippen LogP contribution in [0, 0.1) is 5.41 Å². The molecule has 0 unspecified atom stereocenters. The predicted octanol–water partition coefficient (Wildman–Crippen LogP) is 2.86. The summed E-state index contributed by atoms with van der Waals surface area (Å²) in [6, 6.07) is 4.40. The Hall–Kier alpha value is -1.59. The molecular formula is C17H21N3OS. The lowest BCUT2D eigenvalue weighted by atomic mass is 9.93. The molecule has 1 saturated carbocycles. The number of H-pyrrole nitrogens is 1. The standard InChI is InChI=1S/C17H21N3OS/c21-16(14-1-5-19-10-14)20(11-13-2-8-22-12-13)15-9-17(15)3-6-18-7-4-17/h1-2,5,8,10,12,15,18-19H,3-4,6-7,9,11H2/t15-/m1/s1. The number of carbonyl (C=O) groups excluding carboxylic acids is 1. The van der Waals surface area contributed by atoms with Gasteiger partial charge in [-0.3, -0.25) is 4.79 Å². The Morgan fingerprint density at radius 1 is 1.36 bits per heavy atom. The van der Waals surface area contributed by atoms with Crippen LogP contribution in [0.1, 0.15) is 35.2 Å². The number of thiophene rings is 1. The van der Waals surface area contributed by atoms with Crippen LogP contribution in [0.2, 0.25) is 0 Å². The molecule has 2 aliphatic rings. The average Bonchev–Trinajstić information content (AvgIpc) is 3.02. The van der Waals surface area contributed by atoms with Gasteiger partial charge in [-0.25, -0.2) is 0 Å². The van der Waals surface area contributed by atoms with Crippen LogP contribution in [0.5, 0.6) is 0 Å². The normalized spacial score (nSPS) is 22.6. The molecule has 4 rings (SSSR count). The summed E-state index contributed by atoms with van der Waals surface area (Å²) in [6.45, 7) is 2.90. The fourth-order valence-corrected chi connectivity index (χ4v) is 4.41. The number of piperidine rings is 1. The zero-order valence-electron chi connectivity index (χ0n) is 12.5. The molecule has 0 aromatic carbocycles. The van der Waals surface area contributed by atoms with Crippen molar-refractivity contribution in [2.75, 3.05) is 13.1 Å². The number of nitrogens with zero attached hydrogens (tertiary/aromatic N) is 1. The van der Waals surface area contributed by atoms with Crippen LogP contribution in [0.3, 0.4) is 0 Å². The Balaban J connectivity index is 1.57. The molecule has 2 aromatic heterocycles. The molecule has 0 bridgehead atoms. The number of aromatic amines is 1. The zero-order chi connectivity index (χ0) is 15.0. The highest BCUT2D eigenvalue weighted by atomic mass is 32.1. The lowest BCUT2D eigenvalue weighted by Crippen LogP contribution is -2.39. The number of hydrogen-bond acceptors (Lipinski definition) is 3. The van der Waals surface area contributed by atoms with Crippen LogP contribution in [-0.4, -0.2) is 34.9 Å². The first-order chi connectivity index (χ1) is 10.8. The lowest BCUT2D eigenvalue weighted by molar-refractivity contribution is 0.0692. The van der Waals surface area contributed by atoms with Gasteiger partial charge in [-0.2, -0.15) is 11.3 Å². The van der Waals surface area contributed by atoms with Gasteiger partial charge in [0.2, 0.25) is 0 Å². The fourth-order valence-electron chi connectivity index (χ4n) is 3.75. The summed E-state index contributed by atoms with van der Waals surface area (Å²) in [4.78, 5) is 18.0. The van der Waals surface area contributed by atoms with Crippen molar-refractivity contribution in [2.45, 2.75) is 31.8 Å². The van der Waals surface area contributed by atoms with Crippen molar-refractivity contribution >= 4 is 17.2 Å². The first kappa shape index (κ1) is 14.0. The van der Waals surface area contributed by atoms with Crippen molar-refractivity contribution in [3.8, 4) is 0 Å². The summed E-state index contributed by atoms with van der Waals surface area (Å²) in [5.41, 5.74) is 2.38. The van der Waals surface area contributed by atoms with E-state index in [1.165, 1.54) is 18.4 Å². The lowest BCUT2D eigenvalue weighted by Gasteiger charge is -2.29. The molecule has 5 heteroatoms. The number of nitrogens with one attached hydrogen (secondary N) is 2. The Morgan fingerprint density at radius 2 is 2.23 bits per heavy atom. The molecule has 2 fully saturated rings. The van der Waals surface area contributed by atoms with Crippen molar-refractivity contribution in [3.05, 3.63) is 46.4 Å². The van der Waals surface area contributed by atoms with E-state index >= 15 is 0 Å². The minimum absolute atomic E-state index is 0.160. The molecule has 22 heavy (non-hydrogen) atoms. The second kappa shape index (κ2) is 5.56. The molecule has 1 spiro atoms. The van der Waals surface area contributed by atoms with Crippen molar-refractivity contribution < 1.29 is 4.79 Å². The summed E-state index contributed by atoms with van der Waals surface area (Å²) >= 11 is 1.70. The second-order valence-electron chi connectivity index (χ2n) is 6.50. The topological polar surface area (TPSA) is 48.1 Å². The highest BCUT2D eigenvalue weighted by Crippen LogP contribution is 2.56. The fraction of sp³-hybridized carbons (Fsp3) is 0.471. The molecule has 4 nitrogen and oxygen atoms in total. The number of rotatable bonds is 4. The average molecular weight is 315 g/mol. The molecule has 2 aromatic rings. The van der Waals surface area contributed by atoms with Gasteiger partial charge in [-0.05, 0) is 66.2 Å². The van der Waals surface area contributed by atoms with Gasteiger partial charge in [0.1, 0.15) is 0 Å². The van der Waals surface area contributed by atoms with Crippen molar-refractivity contribution in [1.82, 2.24) is 15.2 Å². The van der Waals surface area contributed by atoms with Crippen LogP contribution in [0.25, 0.3) is 0 Å². The van der Waals surface area contributed by atoms with E-state index in [4.69, 9.17) is 0 Å². The Morgan fingerprint density at radius 3 is 2.91 bits per heavy atom. The van der Waals surface area contributed by atoms with E-state index in [2.05, 4.69) is 32.0 Å². The third-order valence-electron chi connectivity index (χ3n) is 5.16. The first-order valence-electron chi connectivity index (χ1n) is 7.94. The molecule has 1 saturated heterocycles. The van der Waals surface area contributed by atoms with E-state index in [0.717, 1.165) is 31.6 Å².